The number of hydrogen-bond acceptors (Lipinski definition) is 4. The highest BCUT2D eigenvalue weighted by Crippen LogP contribution is 2.15. The molecule has 2 aromatic heterocycles. The zero-order chi connectivity index (χ0) is 9.59. The molecule has 0 aromatic carbocycles. The van der Waals surface area contributed by atoms with E-state index in [1.807, 2.05) is 25.5 Å². The fourth-order valence-corrected chi connectivity index (χ4v) is 1.43. The lowest BCUT2D eigenvalue weighted by Crippen LogP contribution is -1.99. The van der Waals surface area contributed by atoms with Crippen molar-refractivity contribution in [2.75, 3.05) is 5.73 Å². The van der Waals surface area contributed by atoms with Crippen LogP contribution >= 0.6 is 0 Å². The van der Waals surface area contributed by atoms with E-state index < -0.39 is 0 Å². The molecule has 0 aliphatic rings. The number of aromatic nitrogens is 4. The van der Waals surface area contributed by atoms with Crippen molar-refractivity contribution in [2.45, 2.75) is 13.8 Å². The molecule has 2 N–H and O–H groups in total. The Hall–Kier alpha value is -1.65. The summed E-state index contributed by atoms with van der Waals surface area (Å²) in [5.41, 5.74) is 8.00. The SMILES string of the molecule is Cc1nc(N)nc2nc(C)n(C)c12. The summed E-state index contributed by atoms with van der Waals surface area (Å²) >= 11 is 0. The van der Waals surface area contributed by atoms with Gasteiger partial charge in [0.15, 0.2) is 5.65 Å². The van der Waals surface area contributed by atoms with Crippen LogP contribution in [0.3, 0.4) is 0 Å². The number of aryl methyl sites for hydroxylation is 3. The van der Waals surface area contributed by atoms with Crippen molar-refractivity contribution in [1.29, 1.82) is 0 Å². The van der Waals surface area contributed by atoms with Crippen LogP contribution in [0.4, 0.5) is 5.95 Å². The van der Waals surface area contributed by atoms with E-state index in [1.165, 1.54) is 0 Å². The highest BCUT2D eigenvalue weighted by Gasteiger charge is 2.09. The van der Waals surface area contributed by atoms with Gasteiger partial charge in [-0.1, -0.05) is 0 Å². The van der Waals surface area contributed by atoms with Crippen molar-refractivity contribution < 1.29 is 0 Å². The molecule has 5 heteroatoms. The fourth-order valence-electron chi connectivity index (χ4n) is 1.43. The number of nitrogens with zero attached hydrogens (tertiary/aromatic N) is 4. The summed E-state index contributed by atoms with van der Waals surface area (Å²) in [6, 6.07) is 0. The summed E-state index contributed by atoms with van der Waals surface area (Å²) in [4.78, 5) is 12.4. The molecule has 0 radical (unpaired) electrons. The molecule has 0 fully saturated rings. The number of anilines is 1. The van der Waals surface area contributed by atoms with Crippen molar-refractivity contribution in [1.82, 2.24) is 19.5 Å². The Labute approximate surface area is 75.6 Å². The zero-order valence-electron chi connectivity index (χ0n) is 7.87. The Kier molecular flexibility index (Phi) is 1.48. The van der Waals surface area contributed by atoms with Crippen LogP contribution in [0.15, 0.2) is 0 Å². The number of fused-ring (bicyclic) bond motifs is 1. The van der Waals surface area contributed by atoms with Gasteiger partial charge in [-0.25, -0.2) is 9.97 Å². The normalized spacial score (nSPS) is 11.0. The lowest BCUT2D eigenvalue weighted by atomic mass is 10.4. The Balaban J connectivity index is 2.94. The molecule has 2 heterocycles. The third-order valence-electron chi connectivity index (χ3n) is 2.15. The first-order valence-electron chi connectivity index (χ1n) is 4.02. The third kappa shape index (κ3) is 1.04. The predicted octanol–water partition coefficient (Wildman–Crippen LogP) is 0.562. The van der Waals surface area contributed by atoms with Crippen LogP contribution in [-0.2, 0) is 7.05 Å². The number of nitrogens with two attached hydrogens (primary N) is 1. The lowest BCUT2D eigenvalue weighted by molar-refractivity contribution is 0.880. The molecular formula is C8H11N5. The molecular weight excluding hydrogens is 166 g/mol. The monoisotopic (exact) mass is 177 g/mol. The van der Waals surface area contributed by atoms with Crippen molar-refractivity contribution in [3.63, 3.8) is 0 Å². The van der Waals surface area contributed by atoms with Crippen LogP contribution in [0.1, 0.15) is 11.5 Å². The van der Waals surface area contributed by atoms with Gasteiger partial charge in [-0.2, -0.15) is 4.98 Å². The van der Waals surface area contributed by atoms with E-state index in [4.69, 9.17) is 5.73 Å². The smallest absolute Gasteiger partial charge is 0.222 e. The van der Waals surface area contributed by atoms with Crippen molar-refractivity contribution in [3.8, 4) is 0 Å². The average molecular weight is 177 g/mol. The van der Waals surface area contributed by atoms with Crippen molar-refractivity contribution in [2.24, 2.45) is 7.05 Å². The molecule has 0 aliphatic heterocycles. The molecule has 0 bridgehead atoms. The number of rotatable bonds is 0. The summed E-state index contributed by atoms with van der Waals surface area (Å²) in [5.74, 6) is 1.20. The van der Waals surface area contributed by atoms with E-state index in [-0.39, 0.29) is 5.95 Å². The minimum Gasteiger partial charge on any atom is -0.368 e. The van der Waals surface area contributed by atoms with Gasteiger partial charge in [0.1, 0.15) is 11.3 Å². The standard InChI is InChI=1S/C8H11N5/c1-4-6-7(12-8(9)10-4)11-5(2)13(6)3/h1-3H3,(H2,9,10,12). The van der Waals surface area contributed by atoms with E-state index in [0.29, 0.717) is 5.65 Å². The first-order chi connectivity index (χ1) is 6.09. The summed E-state index contributed by atoms with van der Waals surface area (Å²) < 4.78 is 1.96. The van der Waals surface area contributed by atoms with Gasteiger partial charge < -0.3 is 10.3 Å². The molecule has 0 saturated heterocycles. The second-order valence-corrected chi connectivity index (χ2v) is 3.06. The fraction of sp³-hybridized carbons (Fsp3) is 0.375. The topological polar surface area (TPSA) is 69.6 Å². The third-order valence-corrected chi connectivity index (χ3v) is 2.15. The molecule has 0 aliphatic carbocycles. The molecule has 0 saturated carbocycles. The molecule has 0 amide bonds. The molecule has 0 spiro atoms. The van der Waals surface area contributed by atoms with Gasteiger partial charge in [-0.3, -0.25) is 0 Å². The van der Waals surface area contributed by atoms with E-state index in [1.54, 1.807) is 0 Å². The van der Waals surface area contributed by atoms with E-state index in [9.17, 15) is 0 Å². The highest BCUT2D eigenvalue weighted by atomic mass is 15.1. The highest BCUT2D eigenvalue weighted by molar-refractivity contribution is 5.75. The van der Waals surface area contributed by atoms with Crippen LogP contribution < -0.4 is 5.73 Å². The summed E-state index contributed by atoms with van der Waals surface area (Å²) in [6.07, 6.45) is 0. The van der Waals surface area contributed by atoms with Gasteiger partial charge in [-0.15, -0.1) is 0 Å². The quantitative estimate of drug-likeness (QED) is 0.638. The molecule has 2 rings (SSSR count). The Morgan fingerprint density at radius 2 is 1.85 bits per heavy atom. The lowest BCUT2D eigenvalue weighted by Gasteiger charge is -1.99. The van der Waals surface area contributed by atoms with E-state index >= 15 is 0 Å². The second-order valence-electron chi connectivity index (χ2n) is 3.06. The zero-order valence-corrected chi connectivity index (χ0v) is 7.87. The molecule has 5 nitrogen and oxygen atoms in total. The maximum Gasteiger partial charge on any atom is 0.222 e. The summed E-state index contributed by atoms with van der Waals surface area (Å²) in [7, 11) is 1.94. The van der Waals surface area contributed by atoms with Gasteiger partial charge in [0.05, 0.1) is 5.69 Å². The van der Waals surface area contributed by atoms with Crippen LogP contribution in [-0.4, -0.2) is 19.5 Å². The molecule has 13 heavy (non-hydrogen) atoms. The van der Waals surface area contributed by atoms with Gasteiger partial charge in [0, 0.05) is 7.05 Å². The Morgan fingerprint density at radius 1 is 1.15 bits per heavy atom. The molecule has 0 atom stereocenters. The van der Waals surface area contributed by atoms with E-state index in [0.717, 1.165) is 17.0 Å². The first kappa shape index (κ1) is 7.97. The maximum atomic E-state index is 5.51. The minimum absolute atomic E-state index is 0.281. The molecule has 68 valence electrons. The number of imidazole rings is 1. The molecule has 2 aromatic rings. The van der Waals surface area contributed by atoms with Gasteiger partial charge >= 0.3 is 0 Å². The van der Waals surface area contributed by atoms with Crippen molar-refractivity contribution in [3.05, 3.63) is 11.5 Å². The van der Waals surface area contributed by atoms with Gasteiger partial charge in [0.25, 0.3) is 0 Å². The largest absolute Gasteiger partial charge is 0.368 e. The second kappa shape index (κ2) is 2.42. The van der Waals surface area contributed by atoms with Crippen LogP contribution in [0, 0.1) is 13.8 Å². The number of hydrogen-bond donors (Lipinski definition) is 1. The maximum absolute atomic E-state index is 5.51. The van der Waals surface area contributed by atoms with Crippen LogP contribution in [0.5, 0.6) is 0 Å². The predicted molar refractivity (Wildman–Crippen MR) is 50.2 cm³/mol. The first-order valence-corrected chi connectivity index (χ1v) is 4.02. The number of nitrogen functional groups attached to an aromatic ring is 1. The van der Waals surface area contributed by atoms with Crippen LogP contribution in [0.2, 0.25) is 0 Å². The summed E-state index contributed by atoms with van der Waals surface area (Å²) in [5, 5.41) is 0. The van der Waals surface area contributed by atoms with Crippen LogP contribution in [0.25, 0.3) is 11.2 Å². The Bertz CT molecular complexity index is 471. The summed E-state index contributed by atoms with van der Waals surface area (Å²) in [6.45, 7) is 3.83. The molecule has 0 unspecified atom stereocenters. The van der Waals surface area contributed by atoms with Gasteiger partial charge in [-0.05, 0) is 13.8 Å². The van der Waals surface area contributed by atoms with Gasteiger partial charge in [0.2, 0.25) is 5.95 Å². The average Bonchev–Trinajstić information content (AvgIpc) is 2.27. The van der Waals surface area contributed by atoms with E-state index in [2.05, 4.69) is 15.0 Å². The minimum atomic E-state index is 0.281. The Morgan fingerprint density at radius 3 is 2.54 bits per heavy atom. The van der Waals surface area contributed by atoms with Crippen molar-refractivity contribution >= 4 is 17.1 Å².